The van der Waals surface area contributed by atoms with Crippen LogP contribution in [0.3, 0.4) is 0 Å². The van der Waals surface area contributed by atoms with Crippen LogP contribution in [0.4, 0.5) is 5.82 Å². The van der Waals surface area contributed by atoms with Crippen molar-refractivity contribution in [1.82, 2.24) is 9.97 Å². The Morgan fingerprint density at radius 3 is 3.19 bits per heavy atom. The van der Waals surface area contributed by atoms with Crippen molar-refractivity contribution in [1.29, 1.82) is 0 Å². The van der Waals surface area contributed by atoms with Crippen LogP contribution in [0, 0.1) is 0 Å². The number of fused-ring (bicyclic) bond motifs is 1. The zero-order valence-electron chi connectivity index (χ0n) is 9.83. The Kier molecular flexibility index (Phi) is 4.10. The molecule has 0 spiro atoms. The van der Waals surface area contributed by atoms with Crippen molar-refractivity contribution < 1.29 is 4.74 Å². The third-order valence-electron chi connectivity index (χ3n) is 2.84. The lowest BCUT2D eigenvalue weighted by Gasteiger charge is -2.09. The van der Waals surface area contributed by atoms with E-state index >= 15 is 0 Å². The van der Waals surface area contributed by atoms with Crippen molar-refractivity contribution in [2.75, 3.05) is 25.1 Å². The summed E-state index contributed by atoms with van der Waals surface area (Å²) in [6, 6.07) is 0. The fourth-order valence-corrected chi connectivity index (χ4v) is 2.04. The largest absolute Gasteiger partial charge is 0.382 e. The summed E-state index contributed by atoms with van der Waals surface area (Å²) in [4.78, 5) is 8.61. The number of anilines is 1. The van der Waals surface area contributed by atoms with Gasteiger partial charge in [-0.05, 0) is 32.6 Å². The summed E-state index contributed by atoms with van der Waals surface area (Å²) in [6.45, 7) is 4.55. The lowest BCUT2D eigenvalue weighted by molar-refractivity contribution is 0.147. The van der Waals surface area contributed by atoms with Crippen LogP contribution in [0.25, 0.3) is 0 Å². The molecule has 4 heteroatoms. The van der Waals surface area contributed by atoms with Crippen molar-refractivity contribution >= 4 is 5.82 Å². The topological polar surface area (TPSA) is 47.0 Å². The standard InChI is InChI=1S/C12H19N3O/c1-2-16-8-4-7-13-12-10-5-3-6-11(10)14-9-15-12/h9H,2-8H2,1H3,(H,13,14,15). The Balaban J connectivity index is 1.83. The van der Waals surface area contributed by atoms with E-state index in [9.17, 15) is 0 Å². The molecule has 1 aromatic rings. The van der Waals surface area contributed by atoms with Crippen LogP contribution in [0.15, 0.2) is 6.33 Å². The highest BCUT2D eigenvalue weighted by molar-refractivity contribution is 5.47. The smallest absolute Gasteiger partial charge is 0.132 e. The average Bonchev–Trinajstić information content (AvgIpc) is 2.77. The second-order valence-corrected chi connectivity index (χ2v) is 3.98. The van der Waals surface area contributed by atoms with E-state index < -0.39 is 0 Å². The molecule has 0 atom stereocenters. The van der Waals surface area contributed by atoms with E-state index in [0.717, 1.165) is 44.8 Å². The maximum absolute atomic E-state index is 5.29. The summed E-state index contributed by atoms with van der Waals surface area (Å²) in [6.07, 6.45) is 6.11. The molecule has 2 rings (SSSR count). The zero-order valence-corrected chi connectivity index (χ0v) is 9.83. The third-order valence-corrected chi connectivity index (χ3v) is 2.84. The van der Waals surface area contributed by atoms with Crippen molar-refractivity contribution in [2.24, 2.45) is 0 Å². The molecule has 88 valence electrons. The molecule has 0 fully saturated rings. The molecule has 0 bridgehead atoms. The Morgan fingerprint density at radius 2 is 2.31 bits per heavy atom. The van der Waals surface area contributed by atoms with Crippen LogP contribution < -0.4 is 5.32 Å². The number of rotatable bonds is 6. The maximum atomic E-state index is 5.29. The number of aromatic nitrogens is 2. The Morgan fingerprint density at radius 1 is 1.38 bits per heavy atom. The lowest BCUT2D eigenvalue weighted by Crippen LogP contribution is -2.09. The average molecular weight is 221 g/mol. The van der Waals surface area contributed by atoms with Crippen molar-refractivity contribution in [2.45, 2.75) is 32.6 Å². The molecule has 0 unspecified atom stereocenters. The first kappa shape index (κ1) is 11.3. The second-order valence-electron chi connectivity index (χ2n) is 3.98. The van der Waals surface area contributed by atoms with Gasteiger partial charge in [0.2, 0.25) is 0 Å². The summed E-state index contributed by atoms with van der Waals surface area (Å²) >= 11 is 0. The van der Waals surface area contributed by atoms with Crippen LogP contribution in [0.1, 0.15) is 31.0 Å². The van der Waals surface area contributed by atoms with Gasteiger partial charge in [0.25, 0.3) is 0 Å². The molecule has 0 saturated heterocycles. The van der Waals surface area contributed by atoms with E-state index in [1.165, 1.54) is 17.7 Å². The SMILES string of the molecule is CCOCCCNc1ncnc2c1CCC2. The van der Waals surface area contributed by atoms with Crippen LogP contribution in [-0.4, -0.2) is 29.7 Å². The molecule has 4 nitrogen and oxygen atoms in total. The van der Waals surface area contributed by atoms with E-state index in [0.29, 0.717) is 0 Å². The van der Waals surface area contributed by atoms with E-state index in [2.05, 4.69) is 15.3 Å². The molecule has 1 aliphatic rings. The normalized spacial score (nSPS) is 13.8. The quantitative estimate of drug-likeness (QED) is 0.744. The number of aryl methyl sites for hydroxylation is 1. The third kappa shape index (κ3) is 2.70. The van der Waals surface area contributed by atoms with Gasteiger partial charge in [-0.15, -0.1) is 0 Å². The highest BCUT2D eigenvalue weighted by Crippen LogP contribution is 2.24. The number of hydrogen-bond donors (Lipinski definition) is 1. The number of ether oxygens (including phenoxy) is 1. The van der Waals surface area contributed by atoms with Gasteiger partial charge in [0.1, 0.15) is 12.1 Å². The lowest BCUT2D eigenvalue weighted by atomic mass is 10.2. The van der Waals surface area contributed by atoms with E-state index in [1.54, 1.807) is 6.33 Å². The minimum Gasteiger partial charge on any atom is -0.382 e. The minimum absolute atomic E-state index is 0.795. The molecule has 0 saturated carbocycles. The van der Waals surface area contributed by atoms with E-state index in [1.807, 2.05) is 6.92 Å². The Labute approximate surface area is 96.4 Å². The van der Waals surface area contributed by atoms with Gasteiger partial charge in [0, 0.05) is 31.0 Å². The summed E-state index contributed by atoms with van der Waals surface area (Å²) in [5.41, 5.74) is 2.54. The van der Waals surface area contributed by atoms with Gasteiger partial charge in [0.15, 0.2) is 0 Å². The van der Waals surface area contributed by atoms with Gasteiger partial charge in [-0.2, -0.15) is 0 Å². The molecule has 1 aromatic heterocycles. The van der Waals surface area contributed by atoms with Crippen LogP contribution in [-0.2, 0) is 17.6 Å². The van der Waals surface area contributed by atoms with Gasteiger partial charge >= 0.3 is 0 Å². The summed E-state index contributed by atoms with van der Waals surface area (Å²) in [5.74, 6) is 1.03. The monoisotopic (exact) mass is 221 g/mol. The molecule has 0 aromatic carbocycles. The fourth-order valence-electron chi connectivity index (χ4n) is 2.04. The highest BCUT2D eigenvalue weighted by Gasteiger charge is 2.16. The molecule has 1 heterocycles. The molecule has 16 heavy (non-hydrogen) atoms. The van der Waals surface area contributed by atoms with Crippen LogP contribution in [0.2, 0.25) is 0 Å². The number of nitrogens with zero attached hydrogens (tertiary/aromatic N) is 2. The van der Waals surface area contributed by atoms with Gasteiger partial charge in [-0.1, -0.05) is 0 Å². The summed E-state index contributed by atoms with van der Waals surface area (Å²) < 4.78 is 5.29. The maximum Gasteiger partial charge on any atom is 0.132 e. The Bertz CT molecular complexity index is 341. The van der Waals surface area contributed by atoms with Gasteiger partial charge in [0.05, 0.1) is 0 Å². The zero-order chi connectivity index (χ0) is 11.2. The van der Waals surface area contributed by atoms with Crippen molar-refractivity contribution in [3.8, 4) is 0 Å². The predicted octanol–water partition coefficient (Wildman–Crippen LogP) is 1.80. The molecule has 1 aliphatic carbocycles. The van der Waals surface area contributed by atoms with Crippen LogP contribution in [0.5, 0.6) is 0 Å². The second kappa shape index (κ2) is 5.80. The first-order chi connectivity index (χ1) is 7.92. The summed E-state index contributed by atoms with van der Waals surface area (Å²) in [5, 5.41) is 3.37. The molecule has 0 amide bonds. The predicted molar refractivity (Wildman–Crippen MR) is 63.7 cm³/mol. The van der Waals surface area contributed by atoms with Crippen molar-refractivity contribution in [3.63, 3.8) is 0 Å². The Hall–Kier alpha value is -1.16. The fraction of sp³-hybridized carbons (Fsp3) is 0.667. The molecule has 1 N–H and O–H groups in total. The van der Waals surface area contributed by atoms with Gasteiger partial charge in [-0.25, -0.2) is 9.97 Å². The van der Waals surface area contributed by atoms with E-state index in [-0.39, 0.29) is 0 Å². The first-order valence-corrected chi connectivity index (χ1v) is 6.06. The molecule has 0 radical (unpaired) electrons. The van der Waals surface area contributed by atoms with Crippen LogP contribution >= 0.6 is 0 Å². The molecule has 0 aliphatic heterocycles. The summed E-state index contributed by atoms with van der Waals surface area (Å²) in [7, 11) is 0. The first-order valence-electron chi connectivity index (χ1n) is 6.06. The highest BCUT2D eigenvalue weighted by atomic mass is 16.5. The van der Waals surface area contributed by atoms with Gasteiger partial charge < -0.3 is 10.1 Å². The molecular formula is C12H19N3O. The number of nitrogens with one attached hydrogen (secondary N) is 1. The van der Waals surface area contributed by atoms with Gasteiger partial charge in [-0.3, -0.25) is 0 Å². The minimum atomic E-state index is 0.795. The molecular weight excluding hydrogens is 202 g/mol. The van der Waals surface area contributed by atoms with E-state index in [4.69, 9.17) is 4.74 Å². The van der Waals surface area contributed by atoms with Crippen molar-refractivity contribution in [3.05, 3.63) is 17.6 Å². The number of hydrogen-bond acceptors (Lipinski definition) is 4.